The molecule has 20 heavy (non-hydrogen) atoms. The molecule has 0 amide bonds. The van der Waals surface area contributed by atoms with Gasteiger partial charge in [-0.2, -0.15) is 0 Å². The number of halogens is 1. The molecule has 0 saturated heterocycles. The van der Waals surface area contributed by atoms with E-state index in [9.17, 15) is 5.11 Å². The van der Waals surface area contributed by atoms with Gasteiger partial charge in [-0.1, -0.05) is 83.3 Å². The molecular formula is C18H13IO. The van der Waals surface area contributed by atoms with Gasteiger partial charge in [0.05, 0.1) is 0 Å². The van der Waals surface area contributed by atoms with Crippen molar-refractivity contribution < 1.29 is 5.11 Å². The van der Waals surface area contributed by atoms with Gasteiger partial charge in [0, 0.05) is 5.56 Å². The highest BCUT2D eigenvalue weighted by Crippen LogP contribution is 2.37. The topological polar surface area (TPSA) is 20.2 Å². The Bertz CT molecular complexity index is 776. The SMILES string of the molecule is Oc1ccc2ccccc2c1/C(=C\I)c1ccccc1. The maximum absolute atomic E-state index is 10.3. The van der Waals surface area contributed by atoms with Gasteiger partial charge in [-0.15, -0.1) is 0 Å². The summed E-state index contributed by atoms with van der Waals surface area (Å²) in [6.07, 6.45) is 0. The number of rotatable bonds is 2. The summed E-state index contributed by atoms with van der Waals surface area (Å²) in [6.45, 7) is 0. The lowest BCUT2D eigenvalue weighted by Gasteiger charge is -2.13. The normalized spacial score (nSPS) is 11.8. The third-order valence-corrected chi connectivity index (χ3v) is 3.99. The minimum absolute atomic E-state index is 0.315. The summed E-state index contributed by atoms with van der Waals surface area (Å²) in [5.41, 5.74) is 3.04. The van der Waals surface area contributed by atoms with Crippen LogP contribution in [0.1, 0.15) is 11.1 Å². The molecule has 98 valence electrons. The third-order valence-electron chi connectivity index (χ3n) is 3.37. The van der Waals surface area contributed by atoms with Crippen LogP contribution in [0.15, 0.2) is 70.8 Å². The lowest BCUT2D eigenvalue weighted by atomic mass is 9.93. The van der Waals surface area contributed by atoms with Crippen LogP contribution in [0.2, 0.25) is 0 Å². The summed E-state index contributed by atoms with van der Waals surface area (Å²) in [4.78, 5) is 0. The largest absolute Gasteiger partial charge is 0.507 e. The van der Waals surface area contributed by atoms with Crippen LogP contribution in [0.4, 0.5) is 0 Å². The predicted octanol–water partition coefficient (Wildman–Crippen LogP) is 5.37. The summed E-state index contributed by atoms with van der Waals surface area (Å²) < 4.78 is 2.02. The first-order valence-electron chi connectivity index (χ1n) is 6.38. The smallest absolute Gasteiger partial charge is 0.124 e. The number of hydrogen-bond donors (Lipinski definition) is 1. The molecule has 0 heterocycles. The van der Waals surface area contributed by atoms with Gasteiger partial charge in [-0.3, -0.25) is 0 Å². The fourth-order valence-electron chi connectivity index (χ4n) is 2.42. The molecule has 0 radical (unpaired) electrons. The van der Waals surface area contributed by atoms with E-state index >= 15 is 0 Å². The minimum Gasteiger partial charge on any atom is -0.507 e. The number of benzene rings is 3. The van der Waals surface area contributed by atoms with Gasteiger partial charge in [-0.05, 0) is 32.1 Å². The minimum atomic E-state index is 0.315. The second-order valence-corrected chi connectivity index (χ2v) is 5.19. The van der Waals surface area contributed by atoms with E-state index in [1.807, 2.05) is 46.5 Å². The summed E-state index contributed by atoms with van der Waals surface area (Å²) >= 11 is 2.23. The Morgan fingerprint density at radius 2 is 1.55 bits per heavy atom. The van der Waals surface area contributed by atoms with E-state index in [4.69, 9.17) is 0 Å². The van der Waals surface area contributed by atoms with Gasteiger partial charge >= 0.3 is 0 Å². The first-order chi connectivity index (χ1) is 9.81. The first-order valence-corrected chi connectivity index (χ1v) is 7.62. The lowest BCUT2D eigenvalue weighted by molar-refractivity contribution is 0.474. The van der Waals surface area contributed by atoms with Crippen molar-refractivity contribution in [1.29, 1.82) is 0 Å². The Labute approximate surface area is 131 Å². The van der Waals surface area contributed by atoms with E-state index in [0.717, 1.165) is 27.5 Å². The van der Waals surface area contributed by atoms with E-state index in [0.29, 0.717) is 5.75 Å². The Balaban J connectivity index is 2.31. The maximum atomic E-state index is 10.3. The van der Waals surface area contributed by atoms with Crippen LogP contribution in [0.5, 0.6) is 5.75 Å². The summed E-state index contributed by atoms with van der Waals surface area (Å²) in [5.74, 6) is 0.315. The van der Waals surface area contributed by atoms with E-state index < -0.39 is 0 Å². The van der Waals surface area contributed by atoms with E-state index in [1.54, 1.807) is 6.07 Å². The van der Waals surface area contributed by atoms with Crippen molar-refractivity contribution >= 4 is 38.9 Å². The standard InChI is InChI=1S/C18H13IO/c19-12-16(13-6-2-1-3-7-13)18-15-9-5-4-8-14(15)10-11-17(18)20/h1-12,20H/b16-12-. The molecule has 0 aromatic heterocycles. The van der Waals surface area contributed by atoms with Crippen molar-refractivity contribution in [2.45, 2.75) is 0 Å². The van der Waals surface area contributed by atoms with E-state index in [1.165, 1.54) is 0 Å². The second-order valence-electron chi connectivity index (χ2n) is 4.57. The van der Waals surface area contributed by atoms with Crippen molar-refractivity contribution in [2.75, 3.05) is 0 Å². The molecule has 3 aromatic carbocycles. The lowest BCUT2D eigenvalue weighted by Crippen LogP contribution is -1.90. The van der Waals surface area contributed by atoms with Crippen LogP contribution < -0.4 is 0 Å². The number of aromatic hydroxyl groups is 1. The predicted molar refractivity (Wildman–Crippen MR) is 93.2 cm³/mol. The van der Waals surface area contributed by atoms with Crippen molar-refractivity contribution in [2.24, 2.45) is 0 Å². The Hall–Kier alpha value is -1.81. The molecule has 2 heteroatoms. The average Bonchev–Trinajstić information content (AvgIpc) is 2.51. The Morgan fingerprint density at radius 1 is 0.850 bits per heavy atom. The molecule has 0 bridgehead atoms. The van der Waals surface area contributed by atoms with Crippen molar-refractivity contribution in [1.82, 2.24) is 0 Å². The van der Waals surface area contributed by atoms with Crippen LogP contribution in [-0.4, -0.2) is 5.11 Å². The van der Waals surface area contributed by atoms with Crippen molar-refractivity contribution in [3.05, 3.63) is 81.9 Å². The van der Waals surface area contributed by atoms with E-state index in [-0.39, 0.29) is 0 Å². The highest BCUT2D eigenvalue weighted by molar-refractivity contribution is 14.1. The molecule has 0 fully saturated rings. The zero-order valence-electron chi connectivity index (χ0n) is 10.8. The molecule has 0 unspecified atom stereocenters. The fourth-order valence-corrected chi connectivity index (χ4v) is 3.09. The molecule has 1 nitrogen and oxygen atoms in total. The van der Waals surface area contributed by atoms with Gasteiger partial charge in [-0.25, -0.2) is 0 Å². The monoisotopic (exact) mass is 372 g/mol. The van der Waals surface area contributed by atoms with Crippen LogP contribution in [0.3, 0.4) is 0 Å². The Morgan fingerprint density at radius 3 is 2.30 bits per heavy atom. The first kappa shape index (κ1) is 13.2. The highest BCUT2D eigenvalue weighted by atomic mass is 127. The number of fused-ring (bicyclic) bond motifs is 1. The number of phenols is 1. The molecule has 0 saturated carbocycles. The van der Waals surface area contributed by atoms with Gasteiger partial charge in [0.25, 0.3) is 0 Å². The van der Waals surface area contributed by atoms with Crippen molar-refractivity contribution in [3.63, 3.8) is 0 Å². The maximum Gasteiger partial charge on any atom is 0.124 e. The molecule has 0 aliphatic rings. The summed E-state index contributed by atoms with van der Waals surface area (Å²) in [5, 5.41) is 12.5. The molecule has 0 aliphatic carbocycles. The van der Waals surface area contributed by atoms with Gasteiger partial charge < -0.3 is 5.11 Å². The highest BCUT2D eigenvalue weighted by Gasteiger charge is 2.12. The van der Waals surface area contributed by atoms with Crippen LogP contribution in [0.25, 0.3) is 16.3 Å². The summed E-state index contributed by atoms with van der Waals surface area (Å²) in [7, 11) is 0. The van der Waals surface area contributed by atoms with Gasteiger partial charge in [0.2, 0.25) is 0 Å². The zero-order valence-corrected chi connectivity index (χ0v) is 12.9. The van der Waals surface area contributed by atoms with Crippen LogP contribution in [0, 0.1) is 0 Å². The molecule has 1 N–H and O–H groups in total. The number of hydrogen-bond acceptors (Lipinski definition) is 1. The Kier molecular flexibility index (Phi) is 3.74. The van der Waals surface area contributed by atoms with E-state index in [2.05, 4.69) is 40.8 Å². The zero-order chi connectivity index (χ0) is 13.9. The average molecular weight is 372 g/mol. The molecule has 3 aromatic rings. The van der Waals surface area contributed by atoms with Gasteiger partial charge in [0.1, 0.15) is 5.75 Å². The molecule has 0 aliphatic heterocycles. The third kappa shape index (κ3) is 2.31. The molecule has 0 spiro atoms. The van der Waals surface area contributed by atoms with Crippen LogP contribution >= 0.6 is 22.6 Å². The molecule has 0 atom stereocenters. The summed E-state index contributed by atoms with van der Waals surface area (Å²) in [6, 6.07) is 22.0. The van der Waals surface area contributed by atoms with Crippen LogP contribution in [-0.2, 0) is 0 Å². The second kappa shape index (κ2) is 5.67. The molecular weight excluding hydrogens is 359 g/mol. The van der Waals surface area contributed by atoms with Gasteiger partial charge in [0.15, 0.2) is 0 Å². The number of phenolic OH excluding ortho intramolecular Hbond substituents is 1. The fraction of sp³-hybridized carbons (Fsp3) is 0. The molecule has 3 rings (SSSR count). The quantitative estimate of drug-likeness (QED) is 0.600. The van der Waals surface area contributed by atoms with Crippen molar-refractivity contribution in [3.8, 4) is 5.75 Å².